The minimum atomic E-state index is -0.926. The van der Waals surface area contributed by atoms with Crippen LogP contribution in [0.5, 0.6) is 0 Å². The number of rotatable bonds is 35. The molecule has 0 aromatic rings. The lowest BCUT2D eigenvalue weighted by Gasteiger charge is -2.04. The van der Waals surface area contributed by atoms with Gasteiger partial charge in [-0.3, -0.25) is 0 Å². The molecule has 0 rings (SSSR count). The standard InChI is InChI=1S/C42H74O2/c1-2-3-4-5-6-7-8-9-10-11-12-13-14-15-16-17-18-19-20-21-22-23-24-25-26-27-28-29-30-31-32-33-34-35-36-37-38-39-40-41-42(43)44/h32-41H,2-31H2,1H3,(H,43,44). The van der Waals surface area contributed by atoms with E-state index in [9.17, 15) is 4.79 Å². The Morgan fingerprint density at radius 3 is 0.909 bits per heavy atom. The highest BCUT2D eigenvalue weighted by Crippen LogP contribution is 2.16. The summed E-state index contributed by atoms with van der Waals surface area (Å²) in [6.45, 7) is 2.30. The molecule has 0 heterocycles. The summed E-state index contributed by atoms with van der Waals surface area (Å²) in [6.07, 6.45) is 61.5. The highest BCUT2D eigenvalue weighted by atomic mass is 16.4. The lowest BCUT2D eigenvalue weighted by atomic mass is 10.0. The molecule has 0 aliphatic carbocycles. The van der Waals surface area contributed by atoms with E-state index in [0.717, 1.165) is 12.5 Å². The molecule has 0 aromatic carbocycles. The summed E-state index contributed by atoms with van der Waals surface area (Å²) >= 11 is 0. The van der Waals surface area contributed by atoms with Crippen LogP contribution < -0.4 is 0 Å². The largest absolute Gasteiger partial charge is 0.478 e. The molecule has 0 saturated heterocycles. The highest BCUT2D eigenvalue weighted by Gasteiger charge is 1.97. The van der Waals surface area contributed by atoms with Crippen molar-refractivity contribution in [2.75, 3.05) is 0 Å². The molecule has 0 aliphatic heterocycles. The molecular weight excluding hydrogens is 536 g/mol. The topological polar surface area (TPSA) is 37.3 Å². The molecule has 0 saturated carbocycles. The maximum absolute atomic E-state index is 10.3. The van der Waals surface area contributed by atoms with E-state index in [-0.39, 0.29) is 0 Å². The van der Waals surface area contributed by atoms with Crippen LogP contribution >= 0.6 is 0 Å². The van der Waals surface area contributed by atoms with Crippen LogP contribution in [0.15, 0.2) is 60.8 Å². The van der Waals surface area contributed by atoms with E-state index in [4.69, 9.17) is 5.11 Å². The van der Waals surface area contributed by atoms with Crippen molar-refractivity contribution in [1.29, 1.82) is 0 Å². The number of aliphatic carboxylic acids is 1. The Morgan fingerprint density at radius 1 is 0.364 bits per heavy atom. The van der Waals surface area contributed by atoms with Crippen LogP contribution in [0, 0.1) is 0 Å². The molecule has 1 N–H and O–H groups in total. The molecule has 2 nitrogen and oxygen atoms in total. The second-order valence-electron chi connectivity index (χ2n) is 13.0. The van der Waals surface area contributed by atoms with Gasteiger partial charge in [0, 0.05) is 6.08 Å². The molecular formula is C42H74O2. The van der Waals surface area contributed by atoms with Crippen molar-refractivity contribution < 1.29 is 9.90 Å². The molecule has 0 unspecified atom stereocenters. The van der Waals surface area contributed by atoms with Crippen molar-refractivity contribution in [1.82, 2.24) is 0 Å². The van der Waals surface area contributed by atoms with Crippen LogP contribution in [0.1, 0.15) is 200 Å². The SMILES string of the molecule is CCCCCCCCCCCCCCCCCCCCCCCCCCCCCCCC=CC=CC=CC=CC=CC(=O)O. The van der Waals surface area contributed by atoms with Crippen molar-refractivity contribution in [3.63, 3.8) is 0 Å². The summed E-state index contributed by atoms with van der Waals surface area (Å²) in [6, 6.07) is 0. The lowest BCUT2D eigenvalue weighted by Crippen LogP contribution is -1.85. The minimum Gasteiger partial charge on any atom is -0.478 e. The average molecular weight is 611 g/mol. The molecule has 0 amide bonds. The van der Waals surface area contributed by atoms with Gasteiger partial charge in [0.05, 0.1) is 0 Å². The van der Waals surface area contributed by atoms with E-state index in [0.29, 0.717) is 0 Å². The van der Waals surface area contributed by atoms with Crippen LogP contribution in [-0.2, 0) is 4.79 Å². The van der Waals surface area contributed by atoms with Crippen LogP contribution in [-0.4, -0.2) is 11.1 Å². The first-order valence-electron chi connectivity index (χ1n) is 19.3. The number of unbranched alkanes of at least 4 members (excludes halogenated alkanes) is 29. The van der Waals surface area contributed by atoms with E-state index in [1.165, 1.54) is 192 Å². The zero-order valence-corrected chi connectivity index (χ0v) is 29.3. The number of carboxylic acids is 1. The summed E-state index contributed by atoms with van der Waals surface area (Å²) in [7, 11) is 0. The molecule has 0 bridgehead atoms. The van der Waals surface area contributed by atoms with Gasteiger partial charge < -0.3 is 5.11 Å². The van der Waals surface area contributed by atoms with Crippen LogP contribution in [0.2, 0.25) is 0 Å². The summed E-state index contributed by atoms with van der Waals surface area (Å²) < 4.78 is 0. The van der Waals surface area contributed by atoms with Crippen molar-refractivity contribution in [3.05, 3.63) is 60.8 Å². The molecule has 0 fully saturated rings. The fourth-order valence-electron chi connectivity index (χ4n) is 5.81. The Balaban J connectivity index is 3.18. The van der Waals surface area contributed by atoms with Crippen molar-refractivity contribution >= 4 is 5.97 Å². The number of allylic oxidation sites excluding steroid dienone is 9. The number of hydrogen-bond acceptors (Lipinski definition) is 1. The molecule has 0 aromatic heterocycles. The number of hydrogen-bond donors (Lipinski definition) is 1. The van der Waals surface area contributed by atoms with Gasteiger partial charge in [0.15, 0.2) is 0 Å². The number of carbonyl (C=O) groups is 1. The van der Waals surface area contributed by atoms with Crippen molar-refractivity contribution in [2.24, 2.45) is 0 Å². The predicted molar refractivity (Wildman–Crippen MR) is 198 cm³/mol. The molecule has 254 valence electrons. The second kappa shape index (κ2) is 39.2. The van der Waals surface area contributed by atoms with E-state index in [1.54, 1.807) is 6.08 Å². The summed E-state index contributed by atoms with van der Waals surface area (Å²) in [5.74, 6) is -0.926. The van der Waals surface area contributed by atoms with E-state index >= 15 is 0 Å². The third-order valence-electron chi connectivity index (χ3n) is 8.63. The molecule has 0 aliphatic rings. The van der Waals surface area contributed by atoms with Gasteiger partial charge in [-0.15, -0.1) is 0 Å². The quantitative estimate of drug-likeness (QED) is 0.0440. The fourth-order valence-corrected chi connectivity index (χ4v) is 5.81. The second-order valence-corrected chi connectivity index (χ2v) is 13.0. The zero-order chi connectivity index (χ0) is 31.9. The average Bonchev–Trinajstić information content (AvgIpc) is 3.02. The Bertz CT molecular complexity index is 711. The summed E-state index contributed by atoms with van der Waals surface area (Å²) in [5, 5.41) is 8.49. The van der Waals surface area contributed by atoms with Crippen LogP contribution in [0.25, 0.3) is 0 Å². The fraction of sp³-hybridized carbons (Fsp3) is 0.738. The lowest BCUT2D eigenvalue weighted by molar-refractivity contribution is -0.131. The maximum Gasteiger partial charge on any atom is 0.328 e. The third kappa shape index (κ3) is 40.2. The van der Waals surface area contributed by atoms with Crippen LogP contribution in [0.3, 0.4) is 0 Å². The number of carboxylic acid groups (broad SMARTS) is 1. The van der Waals surface area contributed by atoms with Gasteiger partial charge in [0.1, 0.15) is 0 Å². The summed E-state index contributed by atoms with van der Waals surface area (Å²) in [4.78, 5) is 10.3. The van der Waals surface area contributed by atoms with E-state index < -0.39 is 5.97 Å². The first-order chi connectivity index (χ1) is 21.8. The highest BCUT2D eigenvalue weighted by molar-refractivity contribution is 5.80. The van der Waals surface area contributed by atoms with Crippen molar-refractivity contribution in [2.45, 2.75) is 200 Å². The summed E-state index contributed by atoms with van der Waals surface area (Å²) in [5.41, 5.74) is 0. The molecule has 0 atom stereocenters. The first-order valence-corrected chi connectivity index (χ1v) is 19.3. The van der Waals surface area contributed by atoms with Gasteiger partial charge in [-0.1, -0.05) is 241 Å². The zero-order valence-electron chi connectivity index (χ0n) is 29.3. The van der Waals surface area contributed by atoms with Crippen LogP contribution in [0.4, 0.5) is 0 Å². The Hall–Kier alpha value is -1.83. The van der Waals surface area contributed by atoms with Crippen molar-refractivity contribution in [3.8, 4) is 0 Å². The Kier molecular flexibility index (Phi) is 37.6. The van der Waals surface area contributed by atoms with Gasteiger partial charge in [-0.05, 0) is 12.8 Å². The Morgan fingerprint density at radius 2 is 0.614 bits per heavy atom. The Labute approximate surface area is 275 Å². The van der Waals surface area contributed by atoms with E-state index in [1.807, 2.05) is 30.4 Å². The van der Waals surface area contributed by atoms with Gasteiger partial charge in [-0.2, -0.15) is 0 Å². The van der Waals surface area contributed by atoms with E-state index in [2.05, 4.69) is 19.1 Å². The van der Waals surface area contributed by atoms with Gasteiger partial charge in [-0.25, -0.2) is 4.79 Å². The molecule has 0 spiro atoms. The predicted octanol–water partition coefficient (Wildman–Crippen LogP) is 14.6. The molecule has 44 heavy (non-hydrogen) atoms. The molecule has 2 heteroatoms. The first kappa shape index (κ1) is 42.2. The van der Waals surface area contributed by atoms with Gasteiger partial charge >= 0.3 is 5.97 Å². The maximum atomic E-state index is 10.3. The van der Waals surface area contributed by atoms with Gasteiger partial charge in [0.25, 0.3) is 0 Å². The smallest absolute Gasteiger partial charge is 0.328 e. The molecule has 0 radical (unpaired) electrons. The normalized spacial score (nSPS) is 12.4. The van der Waals surface area contributed by atoms with Gasteiger partial charge in [0.2, 0.25) is 0 Å². The monoisotopic (exact) mass is 611 g/mol. The third-order valence-corrected chi connectivity index (χ3v) is 8.63. The minimum absolute atomic E-state index is 0.926.